The van der Waals surface area contributed by atoms with E-state index in [4.69, 9.17) is 0 Å². The SMILES string of the molecule is Cc1cc(C=C2C(=O)NN(c3ccccc3)C2=O)c(C)n1C(C)C. The smallest absolute Gasteiger partial charge is 0.282 e. The van der Waals surface area contributed by atoms with Crippen LogP contribution in [0, 0.1) is 13.8 Å². The van der Waals surface area contributed by atoms with Crippen molar-refractivity contribution in [3.63, 3.8) is 0 Å². The van der Waals surface area contributed by atoms with E-state index in [0.29, 0.717) is 11.7 Å². The van der Waals surface area contributed by atoms with Gasteiger partial charge in [-0.05, 0) is 57.5 Å². The number of carbonyl (C=O) groups excluding carboxylic acids is 2. The van der Waals surface area contributed by atoms with Crippen molar-refractivity contribution in [1.82, 2.24) is 9.99 Å². The van der Waals surface area contributed by atoms with Gasteiger partial charge >= 0.3 is 0 Å². The maximum absolute atomic E-state index is 12.6. The first kappa shape index (κ1) is 16.1. The highest BCUT2D eigenvalue weighted by atomic mass is 16.2. The van der Waals surface area contributed by atoms with Gasteiger partial charge < -0.3 is 4.57 Å². The minimum absolute atomic E-state index is 0.155. The van der Waals surface area contributed by atoms with Crippen molar-refractivity contribution in [3.05, 3.63) is 58.9 Å². The number of hydrogen-bond donors (Lipinski definition) is 1. The molecule has 0 atom stereocenters. The maximum Gasteiger partial charge on any atom is 0.282 e. The van der Waals surface area contributed by atoms with E-state index in [-0.39, 0.29) is 17.4 Å². The molecule has 0 spiro atoms. The van der Waals surface area contributed by atoms with Crippen molar-refractivity contribution >= 4 is 23.6 Å². The Morgan fingerprint density at radius 1 is 1.08 bits per heavy atom. The fraction of sp³-hybridized carbons (Fsp3) is 0.263. The summed E-state index contributed by atoms with van der Waals surface area (Å²) in [6.07, 6.45) is 1.68. The summed E-state index contributed by atoms with van der Waals surface area (Å²) in [6, 6.07) is 11.4. The third kappa shape index (κ3) is 2.62. The zero-order chi connectivity index (χ0) is 17.4. The van der Waals surface area contributed by atoms with Gasteiger partial charge in [0.1, 0.15) is 5.57 Å². The van der Waals surface area contributed by atoms with E-state index in [1.54, 1.807) is 18.2 Å². The van der Waals surface area contributed by atoms with Crippen molar-refractivity contribution in [1.29, 1.82) is 0 Å². The van der Waals surface area contributed by atoms with Gasteiger partial charge in [0.2, 0.25) is 0 Å². The minimum Gasteiger partial charge on any atom is -0.346 e. The molecule has 0 bridgehead atoms. The summed E-state index contributed by atoms with van der Waals surface area (Å²) >= 11 is 0. The molecule has 1 N–H and O–H groups in total. The Kier molecular flexibility index (Phi) is 4.01. The first-order chi connectivity index (χ1) is 11.4. The van der Waals surface area contributed by atoms with Gasteiger partial charge in [0.05, 0.1) is 5.69 Å². The number of carbonyl (C=O) groups is 2. The fourth-order valence-corrected chi connectivity index (χ4v) is 3.22. The van der Waals surface area contributed by atoms with Crippen LogP contribution >= 0.6 is 0 Å². The van der Waals surface area contributed by atoms with Crippen LogP contribution < -0.4 is 10.4 Å². The Bertz CT molecular complexity index is 832. The lowest BCUT2D eigenvalue weighted by Gasteiger charge is -2.14. The Balaban J connectivity index is 1.98. The summed E-state index contributed by atoms with van der Waals surface area (Å²) in [5.74, 6) is -0.709. The molecule has 2 aromatic rings. The van der Waals surface area contributed by atoms with Crippen molar-refractivity contribution in [2.45, 2.75) is 33.7 Å². The molecule has 1 aliphatic rings. The zero-order valence-corrected chi connectivity index (χ0v) is 14.3. The maximum atomic E-state index is 12.6. The molecular weight excluding hydrogens is 302 g/mol. The molecule has 1 aliphatic heterocycles. The number of nitrogens with one attached hydrogen (secondary N) is 1. The van der Waals surface area contributed by atoms with Crippen molar-refractivity contribution < 1.29 is 9.59 Å². The molecule has 24 heavy (non-hydrogen) atoms. The zero-order valence-electron chi connectivity index (χ0n) is 14.3. The molecule has 124 valence electrons. The standard InChI is InChI=1S/C19H21N3O2/c1-12(2)21-13(3)10-15(14(21)4)11-17-18(23)20-22(19(17)24)16-8-6-5-7-9-16/h5-12H,1-4H3,(H,20,23). The molecule has 0 saturated carbocycles. The molecule has 2 amide bonds. The Morgan fingerprint density at radius 2 is 1.75 bits per heavy atom. The first-order valence-electron chi connectivity index (χ1n) is 8.00. The van der Waals surface area contributed by atoms with E-state index in [1.807, 2.05) is 38.1 Å². The van der Waals surface area contributed by atoms with E-state index >= 15 is 0 Å². The van der Waals surface area contributed by atoms with Crippen LogP contribution in [-0.2, 0) is 9.59 Å². The van der Waals surface area contributed by atoms with Gasteiger partial charge in [-0.2, -0.15) is 0 Å². The Hall–Kier alpha value is -2.82. The predicted octanol–water partition coefficient (Wildman–Crippen LogP) is 3.15. The summed E-state index contributed by atoms with van der Waals surface area (Å²) in [6.45, 7) is 8.26. The second kappa shape index (κ2) is 6.00. The summed E-state index contributed by atoms with van der Waals surface area (Å²) < 4.78 is 2.19. The predicted molar refractivity (Wildman–Crippen MR) is 94.3 cm³/mol. The number of aromatic nitrogens is 1. The number of hydrazine groups is 1. The van der Waals surface area contributed by atoms with Crippen LogP contribution in [0.1, 0.15) is 36.8 Å². The number of anilines is 1. The molecule has 2 heterocycles. The Labute approximate surface area is 141 Å². The van der Waals surface area contributed by atoms with Crippen LogP contribution in [0.15, 0.2) is 42.0 Å². The van der Waals surface area contributed by atoms with Gasteiger partial charge in [0.25, 0.3) is 11.8 Å². The Morgan fingerprint density at radius 3 is 2.33 bits per heavy atom. The average molecular weight is 323 g/mol. The lowest BCUT2D eigenvalue weighted by Crippen LogP contribution is -2.35. The van der Waals surface area contributed by atoms with Crippen LogP contribution in [0.2, 0.25) is 0 Å². The third-order valence-corrected chi connectivity index (χ3v) is 4.25. The normalized spacial score (nSPS) is 16.4. The van der Waals surface area contributed by atoms with Gasteiger partial charge in [-0.3, -0.25) is 15.0 Å². The number of para-hydroxylation sites is 1. The molecule has 0 aliphatic carbocycles. The van der Waals surface area contributed by atoms with E-state index < -0.39 is 0 Å². The van der Waals surface area contributed by atoms with E-state index in [2.05, 4.69) is 23.8 Å². The number of rotatable bonds is 3. The second-order valence-corrected chi connectivity index (χ2v) is 6.27. The highest BCUT2D eigenvalue weighted by molar-refractivity contribution is 6.31. The number of amides is 2. The second-order valence-electron chi connectivity index (χ2n) is 6.27. The van der Waals surface area contributed by atoms with E-state index in [1.165, 1.54) is 5.01 Å². The van der Waals surface area contributed by atoms with Gasteiger partial charge in [0.15, 0.2) is 0 Å². The summed E-state index contributed by atoms with van der Waals surface area (Å²) in [4.78, 5) is 24.9. The molecule has 1 aromatic heterocycles. The van der Waals surface area contributed by atoms with Gasteiger partial charge in [0, 0.05) is 17.4 Å². The highest BCUT2D eigenvalue weighted by Gasteiger charge is 2.34. The number of benzene rings is 1. The fourth-order valence-electron chi connectivity index (χ4n) is 3.22. The molecule has 5 heteroatoms. The minimum atomic E-state index is -0.377. The van der Waals surface area contributed by atoms with Crippen LogP contribution in [0.3, 0.4) is 0 Å². The monoisotopic (exact) mass is 323 g/mol. The van der Waals surface area contributed by atoms with Crippen molar-refractivity contribution in [2.75, 3.05) is 5.01 Å². The van der Waals surface area contributed by atoms with Gasteiger partial charge in [-0.25, -0.2) is 5.01 Å². The molecular formula is C19H21N3O2. The molecule has 1 saturated heterocycles. The van der Waals surface area contributed by atoms with Crippen LogP contribution in [0.5, 0.6) is 0 Å². The van der Waals surface area contributed by atoms with Crippen LogP contribution in [0.4, 0.5) is 5.69 Å². The number of hydrogen-bond acceptors (Lipinski definition) is 2. The summed E-state index contributed by atoms with van der Waals surface area (Å²) in [5, 5.41) is 1.29. The average Bonchev–Trinajstić information content (AvgIpc) is 2.98. The van der Waals surface area contributed by atoms with Gasteiger partial charge in [-0.1, -0.05) is 18.2 Å². The van der Waals surface area contributed by atoms with E-state index in [0.717, 1.165) is 17.0 Å². The quantitative estimate of drug-likeness (QED) is 0.697. The number of nitrogens with zero attached hydrogens (tertiary/aromatic N) is 2. The highest BCUT2D eigenvalue weighted by Crippen LogP contribution is 2.25. The van der Waals surface area contributed by atoms with Gasteiger partial charge in [-0.15, -0.1) is 0 Å². The third-order valence-electron chi connectivity index (χ3n) is 4.25. The molecule has 3 rings (SSSR count). The van der Waals surface area contributed by atoms with Crippen LogP contribution in [0.25, 0.3) is 6.08 Å². The van der Waals surface area contributed by atoms with E-state index in [9.17, 15) is 9.59 Å². The summed E-state index contributed by atoms with van der Waals surface area (Å²) in [5.41, 5.74) is 6.48. The molecule has 1 aromatic carbocycles. The molecule has 0 radical (unpaired) electrons. The first-order valence-corrected chi connectivity index (χ1v) is 8.00. The summed E-state index contributed by atoms with van der Waals surface area (Å²) in [7, 11) is 0. The lowest BCUT2D eigenvalue weighted by atomic mass is 10.1. The molecule has 0 unspecified atom stereocenters. The van der Waals surface area contributed by atoms with Crippen molar-refractivity contribution in [3.8, 4) is 0 Å². The topological polar surface area (TPSA) is 54.3 Å². The van der Waals surface area contributed by atoms with Crippen LogP contribution in [-0.4, -0.2) is 16.4 Å². The largest absolute Gasteiger partial charge is 0.346 e. The molecule has 5 nitrogen and oxygen atoms in total. The lowest BCUT2D eigenvalue weighted by molar-refractivity contribution is -0.117. The molecule has 1 fully saturated rings. The number of aryl methyl sites for hydroxylation is 1. The van der Waals surface area contributed by atoms with Crippen molar-refractivity contribution in [2.24, 2.45) is 0 Å².